The maximum absolute atomic E-state index is 12.9. The molecule has 1 atom stereocenters. The van der Waals surface area contributed by atoms with E-state index in [1.54, 1.807) is 11.0 Å². The van der Waals surface area contributed by atoms with Gasteiger partial charge in [-0.1, -0.05) is 41.6 Å². The highest BCUT2D eigenvalue weighted by Gasteiger charge is 2.38. The summed E-state index contributed by atoms with van der Waals surface area (Å²) in [6, 6.07) is 11.8. The molecule has 1 saturated heterocycles. The SMILES string of the molecule is C=CCN1C(=O)C(CC(=O)Nc2ccc(C)cc2C)SC1=Nc1ccc(C)c(C)c1. The third-order valence-corrected chi connectivity index (χ3v) is 6.25. The molecule has 0 aliphatic carbocycles. The number of aliphatic imine (C=N–C) groups is 1. The van der Waals surface area contributed by atoms with Crippen LogP contribution < -0.4 is 5.32 Å². The molecular formula is C24H27N3O2S. The predicted octanol–water partition coefficient (Wildman–Crippen LogP) is 5.07. The number of hydrogen-bond donors (Lipinski definition) is 1. The summed E-state index contributed by atoms with van der Waals surface area (Å²) in [5.41, 5.74) is 6.04. The number of hydrogen-bond acceptors (Lipinski definition) is 4. The first-order valence-electron chi connectivity index (χ1n) is 9.90. The van der Waals surface area contributed by atoms with Gasteiger partial charge in [-0.15, -0.1) is 6.58 Å². The van der Waals surface area contributed by atoms with E-state index in [4.69, 9.17) is 0 Å². The zero-order valence-electron chi connectivity index (χ0n) is 17.9. The fraction of sp³-hybridized carbons (Fsp3) is 0.292. The average molecular weight is 422 g/mol. The maximum atomic E-state index is 12.9. The Morgan fingerprint density at radius 2 is 1.90 bits per heavy atom. The van der Waals surface area contributed by atoms with E-state index < -0.39 is 5.25 Å². The molecule has 5 nitrogen and oxygen atoms in total. The molecule has 0 aromatic heterocycles. The number of amides is 2. The van der Waals surface area contributed by atoms with E-state index in [1.807, 2.05) is 57.2 Å². The summed E-state index contributed by atoms with van der Waals surface area (Å²) in [5.74, 6) is -0.294. The molecule has 156 valence electrons. The van der Waals surface area contributed by atoms with Crippen LogP contribution in [0.25, 0.3) is 0 Å². The standard InChI is InChI=1S/C24H27N3O2S/c1-6-11-27-23(29)21(14-22(28)26-20-10-7-15(2)12-18(20)5)30-24(27)25-19-9-8-16(3)17(4)13-19/h6-10,12-13,21H,1,11,14H2,2-5H3,(H,26,28). The van der Waals surface area contributed by atoms with Crippen molar-refractivity contribution < 1.29 is 9.59 Å². The van der Waals surface area contributed by atoms with Gasteiger partial charge >= 0.3 is 0 Å². The number of carbonyl (C=O) groups excluding carboxylic acids is 2. The molecule has 1 heterocycles. The average Bonchev–Trinajstić information content (AvgIpc) is 2.96. The number of carbonyl (C=O) groups is 2. The van der Waals surface area contributed by atoms with Crippen molar-refractivity contribution in [3.63, 3.8) is 0 Å². The first kappa shape index (κ1) is 21.8. The van der Waals surface area contributed by atoms with Gasteiger partial charge in [0.15, 0.2) is 5.17 Å². The third kappa shape index (κ3) is 5.00. The van der Waals surface area contributed by atoms with Crippen LogP contribution in [0.4, 0.5) is 11.4 Å². The Morgan fingerprint density at radius 1 is 1.13 bits per heavy atom. The normalized spacial score (nSPS) is 17.5. The first-order valence-corrected chi connectivity index (χ1v) is 10.8. The fourth-order valence-corrected chi connectivity index (χ4v) is 4.42. The summed E-state index contributed by atoms with van der Waals surface area (Å²) >= 11 is 1.34. The largest absolute Gasteiger partial charge is 0.326 e. The minimum absolute atomic E-state index is 0.0937. The highest BCUT2D eigenvalue weighted by molar-refractivity contribution is 8.15. The van der Waals surface area contributed by atoms with Crippen LogP contribution in [0.15, 0.2) is 54.0 Å². The molecular weight excluding hydrogens is 394 g/mol. The van der Waals surface area contributed by atoms with E-state index >= 15 is 0 Å². The molecule has 1 unspecified atom stereocenters. The van der Waals surface area contributed by atoms with Crippen molar-refractivity contribution >= 4 is 40.1 Å². The maximum Gasteiger partial charge on any atom is 0.242 e. The Bertz CT molecular complexity index is 1030. The molecule has 1 aliphatic rings. The van der Waals surface area contributed by atoms with Gasteiger partial charge in [-0.25, -0.2) is 4.99 Å². The highest BCUT2D eigenvalue weighted by Crippen LogP contribution is 2.32. The lowest BCUT2D eigenvalue weighted by atomic mass is 10.1. The molecule has 6 heteroatoms. The van der Waals surface area contributed by atoms with E-state index in [-0.39, 0.29) is 18.2 Å². The quantitative estimate of drug-likeness (QED) is 0.663. The Hall–Kier alpha value is -2.86. The number of benzene rings is 2. The van der Waals surface area contributed by atoms with Crippen LogP contribution in [0, 0.1) is 27.7 Å². The van der Waals surface area contributed by atoms with Gasteiger partial charge in [0.05, 0.1) is 5.69 Å². The summed E-state index contributed by atoms with van der Waals surface area (Å²) in [6.45, 7) is 12.2. The Balaban J connectivity index is 1.76. The van der Waals surface area contributed by atoms with E-state index in [1.165, 1.54) is 17.3 Å². The summed E-state index contributed by atoms with van der Waals surface area (Å²) in [7, 11) is 0. The van der Waals surface area contributed by atoms with Gasteiger partial charge in [0.2, 0.25) is 11.8 Å². The highest BCUT2D eigenvalue weighted by atomic mass is 32.2. The summed E-state index contributed by atoms with van der Waals surface area (Å²) in [5, 5.41) is 3.03. The lowest BCUT2D eigenvalue weighted by molar-refractivity contribution is -0.127. The number of thioether (sulfide) groups is 1. The first-order chi connectivity index (χ1) is 14.3. The fourth-order valence-electron chi connectivity index (χ4n) is 3.25. The second-order valence-corrected chi connectivity index (χ2v) is 8.75. The molecule has 1 fully saturated rings. The molecule has 2 amide bonds. The van der Waals surface area contributed by atoms with Crippen molar-refractivity contribution in [2.24, 2.45) is 4.99 Å². The third-order valence-electron chi connectivity index (χ3n) is 5.07. The van der Waals surface area contributed by atoms with Crippen LogP contribution in [0.3, 0.4) is 0 Å². The minimum atomic E-state index is -0.499. The van der Waals surface area contributed by atoms with Crippen molar-refractivity contribution in [1.29, 1.82) is 0 Å². The van der Waals surface area contributed by atoms with E-state index in [0.29, 0.717) is 11.7 Å². The Kier molecular flexibility index (Phi) is 6.77. The van der Waals surface area contributed by atoms with E-state index in [2.05, 4.69) is 23.8 Å². The van der Waals surface area contributed by atoms with E-state index in [9.17, 15) is 9.59 Å². The molecule has 1 aliphatic heterocycles. The zero-order valence-corrected chi connectivity index (χ0v) is 18.7. The molecule has 30 heavy (non-hydrogen) atoms. The van der Waals surface area contributed by atoms with Crippen LogP contribution in [0.2, 0.25) is 0 Å². The molecule has 0 spiro atoms. The molecule has 0 bridgehead atoms. The Labute approximate surface area is 182 Å². The second-order valence-electron chi connectivity index (χ2n) is 7.58. The van der Waals surface area contributed by atoms with Crippen LogP contribution in [0.1, 0.15) is 28.7 Å². The summed E-state index contributed by atoms with van der Waals surface area (Å²) in [4.78, 5) is 31.8. The van der Waals surface area contributed by atoms with Gasteiger partial charge in [0, 0.05) is 18.7 Å². The van der Waals surface area contributed by atoms with Crippen molar-refractivity contribution in [2.75, 3.05) is 11.9 Å². The van der Waals surface area contributed by atoms with Crippen molar-refractivity contribution in [2.45, 2.75) is 39.4 Å². The van der Waals surface area contributed by atoms with Gasteiger partial charge in [0.1, 0.15) is 5.25 Å². The Morgan fingerprint density at radius 3 is 2.57 bits per heavy atom. The van der Waals surface area contributed by atoms with Gasteiger partial charge < -0.3 is 5.32 Å². The molecule has 0 saturated carbocycles. The lowest BCUT2D eigenvalue weighted by Crippen LogP contribution is -2.33. The van der Waals surface area contributed by atoms with Crippen LogP contribution in [0.5, 0.6) is 0 Å². The number of rotatable bonds is 6. The monoisotopic (exact) mass is 421 g/mol. The number of nitrogens with zero attached hydrogens (tertiary/aromatic N) is 2. The molecule has 3 rings (SSSR count). The molecule has 0 radical (unpaired) electrons. The van der Waals surface area contributed by atoms with Gasteiger partial charge in [-0.2, -0.15) is 0 Å². The van der Waals surface area contributed by atoms with E-state index in [0.717, 1.165) is 28.1 Å². The van der Waals surface area contributed by atoms with Crippen LogP contribution in [-0.2, 0) is 9.59 Å². The lowest BCUT2D eigenvalue weighted by Gasteiger charge is -2.14. The topological polar surface area (TPSA) is 61.8 Å². The summed E-state index contributed by atoms with van der Waals surface area (Å²) < 4.78 is 0. The van der Waals surface area contributed by atoms with Crippen LogP contribution >= 0.6 is 11.8 Å². The number of aryl methyl sites for hydroxylation is 4. The van der Waals surface area contributed by atoms with Gasteiger partial charge in [-0.3, -0.25) is 14.5 Å². The van der Waals surface area contributed by atoms with Crippen molar-refractivity contribution in [1.82, 2.24) is 4.90 Å². The number of amidine groups is 1. The summed E-state index contributed by atoms with van der Waals surface area (Å²) in [6.07, 6.45) is 1.77. The second kappa shape index (κ2) is 9.30. The molecule has 2 aromatic rings. The predicted molar refractivity (Wildman–Crippen MR) is 125 cm³/mol. The minimum Gasteiger partial charge on any atom is -0.326 e. The number of anilines is 1. The molecule has 2 aromatic carbocycles. The molecule has 1 N–H and O–H groups in total. The smallest absolute Gasteiger partial charge is 0.242 e. The van der Waals surface area contributed by atoms with Crippen LogP contribution in [-0.4, -0.2) is 33.7 Å². The van der Waals surface area contributed by atoms with Crippen molar-refractivity contribution in [3.05, 3.63) is 71.3 Å². The van der Waals surface area contributed by atoms with Gasteiger partial charge in [0.25, 0.3) is 0 Å². The zero-order chi connectivity index (χ0) is 21.8. The van der Waals surface area contributed by atoms with Crippen molar-refractivity contribution in [3.8, 4) is 0 Å². The number of nitrogens with one attached hydrogen (secondary N) is 1. The van der Waals surface area contributed by atoms with Gasteiger partial charge in [-0.05, 0) is 62.6 Å².